The van der Waals surface area contributed by atoms with Gasteiger partial charge in [0, 0.05) is 5.41 Å². The summed E-state index contributed by atoms with van der Waals surface area (Å²) in [6.45, 7) is 4.81. The van der Waals surface area contributed by atoms with Crippen LogP contribution in [0.25, 0.3) is 0 Å². The first-order valence-corrected chi connectivity index (χ1v) is 8.82. The van der Waals surface area contributed by atoms with Crippen LogP contribution >= 0.6 is 0 Å². The Kier molecular flexibility index (Phi) is 3.57. The van der Waals surface area contributed by atoms with Crippen molar-refractivity contribution >= 4 is 0 Å². The molecule has 1 aliphatic carbocycles. The van der Waals surface area contributed by atoms with Crippen LogP contribution in [0.1, 0.15) is 37.0 Å². The summed E-state index contributed by atoms with van der Waals surface area (Å²) in [7, 11) is 0. The average molecular weight is 312 g/mol. The molecule has 3 aromatic rings. The molecule has 4 rings (SSSR count). The second-order valence-electron chi connectivity index (χ2n) is 7.55. The lowest BCUT2D eigenvalue weighted by molar-refractivity contribution is 0.421. The molecule has 0 aromatic heterocycles. The molecule has 24 heavy (non-hydrogen) atoms. The highest BCUT2D eigenvalue weighted by Crippen LogP contribution is 2.65. The zero-order valence-electron chi connectivity index (χ0n) is 14.4. The van der Waals surface area contributed by atoms with Crippen LogP contribution in [0.5, 0.6) is 0 Å². The van der Waals surface area contributed by atoms with Crippen molar-refractivity contribution in [1.29, 1.82) is 0 Å². The van der Waals surface area contributed by atoms with Crippen LogP contribution in [-0.4, -0.2) is 0 Å². The zero-order chi connectivity index (χ0) is 16.6. The Bertz CT molecular complexity index is 761. The van der Waals surface area contributed by atoms with Crippen LogP contribution in [0.4, 0.5) is 0 Å². The Hall–Kier alpha value is -2.34. The van der Waals surface area contributed by atoms with E-state index in [0.29, 0.717) is 5.92 Å². The summed E-state index contributed by atoms with van der Waals surface area (Å²) in [6.07, 6.45) is 1.21. The molecular weight excluding hydrogens is 288 g/mol. The summed E-state index contributed by atoms with van der Waals surface area (Å²) < 4.78 is 0. The fraction of sp³-hybridized carbons (Fsp3) is 0.250. The number of benzene rings is 3. The number of rotatable bonds is 4. The Balaban J connectivity index is 1.81. The second-order valence-corrected chi connectivity index (χ2v) is 7.55. The van der Waals surface area contributed by atoms with Gasteiger partial charge in [-0.2, -0.15) is 0 Å². The molecule has 1 saturated carbocycles. The SMILES string of the molecule is CC(C)(c1ccccc1)C1CC1(c1ccccc1)c1ccccc1. The van der Waals surface area contributed by atoms with E-state index in [0.717, 1.165) is 0 Å². The Morgan fingerprint density at radius 1 is 0.667 bits per heavy atom. The Morgan fingerprint density at radius 3 is 1.54 bits per heavy atom. The molecule has 1 unspecified atom stereocenters. The topological polar surface area (TPSA) is 0 Å². The first-order valence-electron chi connectivity index (χ1n) is 8.82. The molecule has 0 heterocycles. The van der Waals surface area contributed by atoms with Crippen molar-refractivity contribution in [3.8, 4) is 0 Å². The number of hydrogen-bond acceptors (Lipinski definition) is 0. The summed E-state index contributed by atoms with van der Waals surface area (Å²) in [5.74, 6) is 0.609. The minimum atomic E-state index is 0.141. The van der Waals surface area contributed by atoms with Crippen LogP contribution in [0.3, 0.4) is 0 Å². The molecule has 0 bridgehead atoms. The van der Waals surface area contributed by atoms with Gasteiger partial charge in [0.1, 0.15) is 0 Å². The molecule has 120 valence electrons. The van der Waals surface area contributed by atoms with Gasteiger partial charge in [-0.05, 0) is 34.4 Å². The summed E-state index contributed by atoms with van der Waals surface area (Å²) in [5, 5.41) is 0. The van der Waals surface area contributed by atoms with Crippen molar-refractivity contribution in [3.05, 3.63) is 108 Å². The van der Waals surface area contributed by atoms with Crippen LogP contribution in [-0.2, 0) is 10.8 Å². The molecule has 0 nitrogen and oxygen atoms in total. The van der Waals surface area contributed by atoms with E-state index in [9.17, 15) is 0 Å². The van der Waals surface area contributed by atoms with Gasteiger partial charge in [0.05, 0.1) is 0 Å². The third-order valence-corrected chi connectivity index (χ3v) is 5.93. The minimum Gasteiger partial charge on any atom is -0.0622 e. The summed E-state index contributed by atoms with van der Waals surface area (Å²) in [6, 6.07) is 33.1. The quantitative estimate of drug-likeness (QED) is 0.556. The molecule has 0 amide bonds. The monoisotopic (exact) mass is 312 g/mol. The van der Waals surface area contributed by atoms with Crippen LogP contribution in [0.2, 0.25) is 0 Å². The minimum absolute atomic E-state index is 0.141. The smallest absolute Gasteiger partial charge is 0.0243 e. The lowest BCUT2D eigenvalue weighted by Crippen LogP contribution is -2.26. The van der Waals surface area contributed by atoms with Gasteiger partial charge in [-0.3, -0.25) is 0 Å². The fourth-order valence-electron chi connectivity index (χ4n) is 4.48. The highest BCUT2D eigenvalue weighted by atomic mass is 14.6. The van der Waals surface area contributed by atoms with Gasteiger partial charge in [-0.25, -0.2) is 0 Å². The van der Waals surface area contributed by atoms with E-state index < -0.39 is 0 Å². The molecule has 0 radical (unpaired) electrons. The lowest BCUT2D eigenvalue weighted by Gasteiger charge is -2.30. The first-order chi connectivity index (χ1) is 11.7. The van der Waals surface area contributed by atoms with Gasteiger partial charge >= 0.3 is 0 Å². The van der Waals surface area contributed by atoms with E-state index in [1.165, 1.54) is 23.1 Å². The van der Waals surface area contributed by atoms with Crippen molar-refractivity contribution in [3.63, 3.8) is 0 Å². The third kappa shape index (κ3) is 2.29. The molecule has 0 aliphatic heterocycles. The van der Waals surface area contributed by atoms with Crippen molar-refractivity contribution in [2.45, 2.75) is 31.1 Å². The van der Waals surface area contributed by atoms with Crippen molar-refractivity contribution in [2.24, 2.45) is 5.92 Å². The van der Waals surface area contributed by atoms with E-state index in [2.05, 4.69) is 105 Å². The second kappa shape index (κ2) is 5.63. The molecule has 0 N–H and O–H groups in total. The standard InChI is InChI=1S/C24H24/c1-23(2,19-12-6-3-7-13-19)22-18-24(22,20-14-8-4-9-15-20)21-16-10-5-11-17-21/h3-17,22H,18H2,1-2H3. The summed E-state index contributed by atoms with van der Waals surface area (Å²) >= 11 is 0. The van der Waals surface area contributed by atoms with E-state index >= 15 is 0 Å². The summed E-state index contributed by atoms with van der Waals surface area (Å²) in [4.78, 5) is 0. The van der Waals surface area contributed by atoms with Gasteiger partial charge in [-0.1, -0.05) is 105 Å². The Labute approximate surface area is 145 Å². The van der Waals surface area contributed by atoms with Crippen molar-refractivity contribution in [1.82, 2.24) is 0 Å². The van der Waals surface area contributed by atoms with Gasteiger partial charge < -0.3 is 0 Å². The van der Waals surface area contributed by atoms with Gasteiger partial charge in [-0.15, -0.1) is 0 Å². The predicted octanol–water partition coefficient (Wildman–Crippen LogP) is 5.97. The molecule has 1 fully saturated rings. The predicted molar refractivity (Wildman–Crippen MR) is 101 cm³/mol. The van der Waals surface area contributed by atoms with Crippen molar-refractivity contribution in [2.75, 3.05) is 0 Å². The van der Waals surface area contributed by atoms with Gasteiger partial charge in [0.2, 0.25) is 0 Å². The number of hydrogen-bond donors (Lipinski definition) is 0. The van der Waals surface area contributed by atoms with E-state index in [1.54, 1.807) is 0 Å². The van der Waals surface area contributed by atoms with Crippen molar-refractivity contribution < 1.29 is 0 Å². The lowest BCUT2D eigenvalue weighted by atomic mass is 9.73. The maximum atomic E-state index is 2.40. The maximum Gasteiger partial charge on any atom is 0.0243 e. The normalized spacial score (nSPS) is 19.0. The fourth-order valence-corrected chi connectivity index (χ4v) is 4.48. The molecule has 0 heteroatoms. The highest BCUT2D eigenvalue weighted by molar-refractivity contribution is 5.50. The Morgan fingerprint density at radius 2 is 1.08 bits per heavy atom. The molecule has 0 spiro atoms. The highest BCUT2D eigenvalue weighted by Gasteiger charge is 2.62. The summed E-state index contributed by atoms with van der Waals surface area (Å²) in [5.41, 5.74) is 4.62. The largest absolute Gasteiger partial charge is 0.0622 e. The van der Waals surface area contributed by atoms with E-state index in [-0.39, 0.29) is 10.8 Å². The van der Waals surface area contributed by atoms with Crippen LogP contribution in [0.15, 0.2) is 91.0 Å². The molecule has 1 atom stereocenters. The van der Waals surface area contributed by atoms with Crippen LogP contribution in [0, 0.1) is 5.92 Å². The van der Waals surface area contributed by atoms with E-state index in [4.69, 9.17) is 0 Å². The first kappa shape index (κ1) is 15.2. The third-order valence-electron chi connectivity index (χ3n) is 5.93. The zero-order valence-corrected chi connectivity index (χ0v) is 14.4. The van der Waals surface area contributed by atoms with E-state index in [1.807, 2.05) is 0 Å². The van der Waals surface area contributed by atoms with Crippen LogP contribution < -0.4 is 0 Å². The molecule has 1 aliphatic rings. The van der Waals surface area contributed by atoms with Gasteiger partial charge in [0.25, 0.3) is 0 Å². The van der Waals surface area contributed by atoms with Gasteiger partial charge in [0.15, 0.2) is 0 Å². The molecule has 0 saturated heterocycles. The molecular formula is C24H24. The maximum absolute atomic E-state index is 2.40. The average Bonchev–Trinajstić information content (AvgIpc) is 3.42. The molecule has 3 aromatic carbocycles.